The highest BCUT2D eigenvalue weighted by molar-refractivity contribution is 9.10. The number of fused-ring (bicyclic) bond motifs is 1. The molecule has 0 saturated heterocycles. The zero-order chi connectivity index (χ0) is 13.4. The summed E-state index contributed by atoms with van der Waals surface area (Å²) in [5.74, 6) is -0.0712. The van der Waals surface area contributed by atoms with Gasteiger partial charge in [-0.15, -0.1) is 0 Å². The van der Waals surface area contributed by atoms with Gasteiger partial charge in [0, 0.05) is 27.8 Å². The number of aryl methyl sites for hydroxylation is 1. The largest absolute Gasteiger partial charge is 0.268 e. The molecule has 0 aliphatic rings. The topological polar surface area (TPSA) is 34.9 Å². The van der Waals surface area contributed by atoms with Crippen molar-refractivity contribution in [2.75, 3.05) is 0 Å². The average Bonchev–Trinajstić information content (AvgIpc) is 2.76. The predicted octanol–water partition coefficient (Wildman–Crippen LogP) is 3.80. The first-order chi connectivity index (χ1) is 9.16. The van der Waals surface area contributed by atoms with E-state index in [9.17, 15) is 4.79 Å². The van der Waals surface area contributed by atoms with Crippen molar-refractivity contribution < 1.29 is 4.79 Å². The molecule has 0 saturated carbocycles. The molecule has 0 N–H and O–H groups in total. The normalized spacial score (nSPS) is 10.8. The molecule has 0 radical (unpaired) electrons. The first-order valence-electron chi connectivity index (χ1n) is 5.90. The Morgan fingerprint density at radius 1 is 1.26 bits per heavy atom. The predicted molar refractivity (Wildman–Crippen MR) is 78.3 cm³/mol. The highest BCUT2D eigenvalue weighted by Crippen LogP contribution is 2.25. The van der Waals surface area contributed by atoms with Crippen LogP contribution in [0.4, 0.5) is 0 Å². The third-order valence-corrected chi connectivity index (χ3v) is 3.63. The van der Waals surface area contributed by atoms with Gasteiger partial charge in [0.2, 0.25) is 0 Å². The van der Waals surface area contributed by atoms with E-state index in [1.54, 1.807) is 17.0 Å². The molecule has 2 heterocycles. The Balaban J connectivity index is 2.17. The molecule has 19 heavy (non-hydrogen) atoms. The molecule has 0 bridgehead atoms. The molecule has 0 atom stereocenters. The minimum atomic E-state index is -0.0712. The van der Waals surface area contributed by atoms with Crippen LogP contribution in [0.2, 0.25) is 0 Å². The summed E-state index contributed by atoms with van der Waals surface area (Å²) in [5.41, 5.74) is 2.39. The number of pyridine rings is 1. The van der Waals surface area contributed by atoms with Crippen LogP contribution >= 0.6 is 15.9 Å². The summed E-state index contributed by atoms with van der Waals surface area (Å²) in [5, 5.41) is 0.934. The maximum Gasteiger partial charge on any atom is 0.263 e. The number of hydrogen-bond acceptors (Lipinski definition) is 2. The van der Waals surface area contributed by atoms with E-state index in [0.29, 0.717) is 11.2 Å². The van der Waals surface area contributed by atoms with Crippen LogP contribution in [0.3, 0.4) is 0 Å². The fourth-order valence-corrected chi connectivity index (χ4v) is 2.61. The van der Waals surface area contributed by atoms with E-state index >= 15 is 0 Å². The van der Waals surface area contributed by atoms with Gasteiger partial charge in [-0.05, 0) is 47.1 Å². The molecule has 4 heteroatoms. The van der Waals surface area contributed by atoms with Crippen molar-refractivity contribution in [3.8, 4) is 0 Å². The number of carbonyl (C=O) groups excluding carboxylic acids is 1. The lowest BCUT2D eigenvalue weighted by Gasteiger charge is -2.04. The van der Waals surface area contributed by atoms with Gasteiger partial charge < -0.3 is 0 Å². The fraction of sp³-hybridized carbons (Fsp3) is 0.0667. The van der Waals surface area contributed by atoms with Gasteiger partial charge in [-0.2, -0.15) is 0 Å². The summed E-state index contributed by atoms with van der Waals surface area (Å²) in [7, 11) is 0. The zero-order valence-corrected chi connectivity index (χ0v) is 11.9. The SMILES string of the molecule is Cc1cccc(C(=O)n2cc(Br)c3cccnc32)c1. The number of rotatable bonds is 1. The Hall–Kier alpha value is -1.94. The van der Waals surface area contributed by atoms with E-state index in [0.717, 1.165) is 15.4 Å². The Morgan fingerprint density at radius 2 is 2.11 bits per heavy atom. The van der Waals surface area contributed by atoms with Crippen molar-refractivity contribution in [1.82, 2.24) is 9.55 Å². The van der Waals surface area contributed by atoms with E-state index in [1.165, 1.54) is 0 Å². The van der Waals surface area contributed by atoms with Crippen LogP contribution in [0.25, 0.3) is 11.0 Å². The Bertz CT molecular complexity index is 777. The van der Waals surface area contributed by atoms with Gasteiger partial charge in [0.1, 0.15) is 5.65 Å². The minimum Gasteiger partial charge on any atom is -0.268 e. The number of hydrogen-bond donors (Lipinski definition) is 0. The quantitative estimate of drug-likeness (QED) is 0.685. The van der Waals surface area contributed by atoms with Crippen molar-refractivity contribution in [3.63, 3.8) is 0 Å². The van der Waals surface area contributed by atoms with Crippen LogP contribution in [0.5, 0.6) is 0 Å². The summed E-state index contributed by atoms with van der Waals surface area (Å²) in [6.07, 6.45) is 3.46. The Morgan fingerprint density at radius 3 is 2.89 bits per heavy atom. The second kappa shape index (κ2) is 4.63. The summed E-state index contributed by atoms with van der Waals surface area (Å²) in [6.45, 7) is 1.97. The summed E-state index contributed by atoms with van der Waals surface area (Å²) >= 11 is 3.46. The van der Waals surface area contributed by atoms with Crippen molar-refractivity contribution in [3.05, 3.63) is 64.4 Å². The van der Waals surface area contributed by atoms with Crippen LogP contribution in [0, 0.1) is 6.92 Å². The highest BCUT2D eigenvalue weighted by atomic mass is 79.9. The van der Waals surface area contributed by atoms with E-state index in [2.05, 4.69) is 20.9 Å². The molecule has 94 valence electrons. The number of halogens is 1. The van der Waals surface area contributed by atoms with Crippen LogP contribution in [0.15, 0.2) is 53.3 Å². The van der Waals surface area contributed by atoms with Gasteiger partial charge in [-0.1, -0.05) is 17.7 Å². The summed E-state index contributed by atoms with van der Waals surface area (Å²) in [6, 6.07) is 11.3. The lowest BCUT2D eigenvalue weighted by atomic mass is 10.1. The van der Waals surface area contributed by atoms with Crippen LogP contribution in [-0.4, -0.2) is 15.5 Å². The van der Waals surface area contributed by atoms with Gasteiger partial charge in [0.15, 0.2) is 0 Å². The van der Waals surface area contributed by atoms with Crippen molar-refractivity contribution >= 4 is 32.9 Å². The molecule has 0 aliphatic carbocycles. The molecule has 3 nitrogen and oxygen atoms in total. The molecular weight excluding hydrogens is 304 g/mol. The molecule has 0 spiro atoms. The lowest BCUT2D eigenvalue weighted by molar-refractivity contribution is 0.0964. The molecule has 0 unspecified atom stereocenters. The van der Waals surface area contributed by atoms with Gasteiger partial charge >= 0.3 is 0 Å². The van der Waals surface area contributed by atoms with Gasteiger partial charge in [0.05, 0.1) is 0 Å². The first kappa shape index (κ1) is 12.1. The monoisotopic (exact) mass is 314 g/mol. The van der Waals surface area contributed by atoms with Crippen LogP contribution < -0.4 is 0 Å². The van der Waals surface area contributed by atoms with E-state index in [4.69, 9.17) is 0 Å². The van der Waals surface area contributed by atoms with Gasteiger partial charge in [0.25, 0.3) is 5.91 Å². The molecule has 2 aromatic heterocycles. The lowest BCUT2D eigenvalue weighted by Crippen LogP contribution is -2.11. The first-order valence-corrected chi connectivity index (χ1v) is 6.69. The summed E-state index contributed by atoms with van der Waals surface area (Å²) < 4.78 is 2.45. The van der Waals surface area contributed by atoms with Crippen LogP contribution in [-0.2, 0) is 0 Å². The number of aromatic nitrogens is 2. The number of carbonyl (C=O) groups is 1. The number of benzene rings is 1. The standard InChI is InChI=1S/C15H11BrN2O/c1-10-4-2-5-11(8-10)15(19)18-9-13(16)12-6-3-7-17-14(12)18/h2-9H,1H3. The maximum atomic E-state index is 12.5. The molecule has 3 aromatic rings. The molecule has 0 fully saturated rings. The van der Waals surface area contributed by atoms with E-state index < -0.39 is 0 Å². The Labute approximate surface area is 119 Å². The van der Waals surface area contributed by atoms with Crippen molar-refractivity contribution in [2.24, 2.45) is 0 Å². The smallest absolute Gasteiger partial charge is 0.263 e. The van der Waals surface area contributed by atoms with Crippen molar-refractivity contribution in [1.29, 1.82) is 0 Å². The van der Waals surface area contributed by atoms with Crippen LogP contribution in [0.1, 0.15) is 15.9 Å². The molecule has 3 rings (SSSR count). The van der Waals surface area contributed by atoms with Crippen molar-refractivity contribution in [2.45, 2.75) is 6.92 Å². The third-order valence-electron chi connectivity index (χ3n) is 3.00. The van der Waals surface area contributed by atoms with Gasteiger partial charge in [-0.25, -0.2) is 4.98 Å². The molecular formula is C15H11BrN2O. The molecule has 1 aromatic carbocycles. The average molecular weight is 315 g/mol. The fourth-order valence-electron chi connectivity index (χ4n) is 2.09. The minimum absolute atomic E-state index is 0.0712. The summed E-state index contributed by atoms with van der Waals surface area (Å²) in [4.78, 5) is 16.8. The van der Waals surface area contributed by atoms with Gasteiger partial charge in [-0.3, -0.25) is 9.36 Å². The second-order valence-corrected chi connectivity index (χ2v) is 5.25. The maximum absolute atomic E-state index is 12.5. The number of nitrogens with zero attached hydrogens (tertiary/aromatic N) is 2. The highest BCUT2D eigenvalue weighted by Gasteiger charge is 2.14. The van der Waals surface area contributed by atoms with E-state index in [1.807, 2.05) is 43.3 Å². The van der Waals surface area contributed by atoms with E-state index in [-0.39, 0.29) is 5.91 Å². The molecule has 0 amide bonds. The zero-order valence-electron chi connectivity index (χ0n) is 10.3. The Kier molecular flexibility index (Phi) is 2.95. The third kappa shape index (κ3) is 2.08. The second-order valence-electron chi connectivity index (χ2n) is 4.40. The molecule has 0 aliphatic heterocycles.